The molecule has 52 valence electrons. The van der Waals surface area contributed by atoms with Gasteiger partial charge in [0.25, 0.3) is 0 Å². The highest BCUT2D eigenvalue weighted by molar-refractivity contribution is 4.94. The Balaban J connectivity index is 2.98. The molecule has 0 amide bonds. The second kappa shape index (κ2) is 5.65. The molecular weight excluding hydrogens is 112 g/mol. The molecule has 0 atom stereocenters. The predicted octanol–water partition coefficient (Wildman–Crippen LogP) is 1.68. The van der Waals surface area contributed by atoms with Crippen LogP contribution in [-0.2, 0) is 4.74 Å². The number of hydrogen-bond donors (Lipinski definition) is 0. The van der Waals surface area contributed by atoms with Crippen molar-refractivity contribution >= 4 is 0 Å². The molecule has 0 saturated carbocycles. The van der Waals surface area contributed by atoms with Crippen LogP contribution >= 0.6 is 0 Å². The summed E-state index contributed by atoms with van der Waals surface area (Å²) in [6.45, 7) is 7.46. The molecule has 0 aliphatic rings. The first-order valence-electron chi connectivity index (χ1n) is 3.24. The van der Waals surface area contributed by atoms with Gasteiger partial charge in [-0.2, -0.15) is 0 Å². The van der Waals surface area contributed by atoms with Crippen LogP contribution in [0.25, 0.3) is 0 Å². The molecule has 1 nitrogen and oxygen atoms in total. The van der Waals surface area contributed by atoms with Gasteiger partial charge in [-0.25, -0.2) is 0 Å². The van der Waals surface area contributed by atoms with E-state index in [1.807, 2.05) is 6.92 Å². The van der Waals surface area contributed by atoms with E-state index in [2.05, 4.69) is 25.7 Å². The molecule has 0 heterocycles. The molecule has 0 bridgehead atoms. The van der Waals surface area contributed by atoms with Crippen LogP contribution in [0, 0.1) is 17.8 Å². The topological polar surface area (TPSA) is 9.23 Å². The minimum atomic E-state index is 0.578. The first kappa shape index (κ1) is 8.52. The molecule has 0 aromatic rings. The molecule has 0 unspecified atom stereocenters. The Morgan fingerprint density at radius 2 is 2.11 bits per heavy atom. The molecule has 0 spiro atoms. The lowest BCUT2D eigenvalue weighted by Crippen LogP contribution is -2.01. The van der Waals surface area contributed by atoms with E-state index in [1.165, 1.54) is 0 Å². The van der Waals surface area contributed by atoms with Gasteiger partial charge >= 0.3 is 0 Å². The van der Waals surface area contributed by atoms with Gasteiger partial charge in [-0.1, -0.05) is 19.8 Å². The molecule has 1 heteroatoms. The Morgan fingerprint density at radius 3 is 2.56 bits per heavy atom. The Labute approximate surface area is 57.4 Å². The molecule has 0 aromatic heterocycles. The van der Waals surface area contributed by atoms with Crippen molar-refractivity contribution in [1.82, 2.24) is 0 Å². The van der Waals surface area contributed by atoms with E-state index in [-0.39, 0.29) is 0 Å². The smallest absolute Gasteiger partial charge is 0.107 e. The molecule has 0 radical (unpaired) electrons. The van der Waals surface area contributed by atoms with Crippen molar-refractivity contribution in [3.63, 3.8) is 0 Å². The molecule has 0 aromatic carbocycles. The van der Waals surface area contributed by atoms with Gasteiger partial charge in [0.2, 0.25) is 0 Å². The van der Waals surface area contributed by atoms with Crippen molar-refractivity contribution in [2.45, 2.75) is 20.8 Å². The molecule has 0 aliphatic carbocycles. The fourth-order valence-corrected chi connectivity index (χ4v) is 0.418. The zero-order valence-corrected chi connectivity index (χ0v) is 6.40. The van der Waals surface area contributed by atoms with E-state index in [0.717, 1.165) is 6.61 Å². The average molecular weight is 126 g/mol. The lowest BCUT2D eigenvalue weighted by Gasteiger charge is -2.01. The van der Waals surface area contributed by atoms with Gasteiger partial charge in [0.15, 0.2) is 0 Å². The van der Waals surface area contributed by atoms with Crippen LogP contribution in [0.1, 0.15) is 20.8 Å². The quantitative estimate of drug-likeness (QED) is 0.413. The van der Waals surface area contributed by atoms with Crippen molar-refractivity contribution in [1.29, 1.82) is 0 Å². The molecule has 9 heavy (non-hydrogen) atoms. The van der Waals surface area contributed by atoms with Gasteiger partial charge in [-0.15, -0.1) is 5.92 Å². The minimum absolute atomic E-state index is 0.578. The molecule has 0 aliphatic heterocycles. The first-order chi connectivity index (χ1) is 4.27. The van der Waals surface area contributed by atoms with Crippen LogP contribution in [-0.4, -0.2) is 13.2 Å². The van der Waals surface area contributed by atoms with Crippen molar-refractivity contribution < 1.29 is 4.74 Å². The summed E-state index contributed by atoms with van der Waals surface area (Å²) in [7, 11) is 0. The summed E-state index contributed by atoms with van der Waals surface area (Å²) < 4.78 is 5.16. The van der Waals surface area contributed by atoms with E-state index in [4.69, 9.17) is 4.74 Å². The molecule has 0 fully saturated rings. The van der Waals surface area contributed by atoms with E-state index in [1.54, 1.807) is 0 Å². The van der Waals surface area contributed by atoms with Gasteiger partial charge in [0, 0.05) is 0 Å². The fraction of sp³-hybridized carbons (Fsp3) is 0.750. The number of ether oxygens (including phenoxy) is 1. The van der Waals surface area contributed by atoms with E-state index < -0.39 is 0 Å². The SMILES string of the molecule is CC#CCOCC(C)C. The summed E-state index contributed by atoms with van der Waals surface area (Å²) >= 11 is 0. The maximum atomic E-state index is 5.16. The van der Waals surface area contributed by atoms with Crippen LogP contribution in [0.4, 0.5) is 0 Å². The summed E-state index contributed by atoms with van der Waals surface area (Å²) in [5.74, 6) is 6.21. The molecule has 0 rings (SSSR count). The summed E-state index contributed by atoms with van der Waals surface area (Å²) in [6, 6.07) is 0. The highest BCUT2D eigenvalue weighted by atomic mass is 16.5. The van der Waals surface area contributed by atoms with Crippen molar-refractivity contribution in [2.24, 2.45) is 5.92 Å². The Kier molecular flexibility index (Phi) is 5.35. The summed E-state index contributed by atoms with van der Waals surface area (Å²) in [5, 5.41) is 0. The Hall–Kier alpha value is -0.480. The zero-order valence-electron chi connectivity index (χ0n) is 6.40. The van der Waals surface area contributed by atoms with E-state index in [0.29, 0.717) is 12.5 Å². The fourth-order valence-electron chi connectivity index (χ4n) is 0.418. The zero-order chi connectivity index (χ0) is 7.11. The van der Waals surface area contributed by atoms with Crippen LogP contribution in [0.2, 0.25) is 0 Å². The van der Waals surface area contributed by atoms with Crippen molar-refractivity contribution in [2.75, 3.05) is 13.2 Å². The van der Waals surface area contributed by atoms with Gasteiger partial charge in [-0.05, 0) is 12.8 Å². The Morgan fingerprint density at radius 1 is 1.44 bits per heavy atom. The third-order valence-corrected chi connectivity index (χ3v) is 0.802. The van der Waals surface area contributed by atoms with Crippen LogP contribution in [0.15, 0.2) is 0 Å². The third kappa shape index (κ3) is 7.52. The van der Waals surface area contributed by atoms with Gasteiger partial charge in [0.05, 0.1) is 6.61 Å². The van der Waals surface area contributed by atoms with Crippen LogP contribution in [0.5, 0.6) is 0 Å². The second-order valence-electron chi connectivity index (χ2n) is 2.34. The van der Waals surface area contributed by atoms with Crippen LogP contribution in [0.3, 0.4) is 0 Å². The normalized spacial score (nSPS) is 8.89. The van der Waals surface area contributed by atoms with Crippen LogP contribution < -0.4 is 0 Å². The van der Waals surface area contributed by atoms with Crippen molar-refractivity contribution in [3.8, 4) is 11.8 Å². The highest BCUT2D eigenvalue weighted by Crippen LogP contribution is 1.90. The van der Waals surface area contributed by atoms with Gasteiger partial charge in [0.1, 0.15) is 6.61 Å². The summed E-state index contributed by atoms with van der Waals surface area (Å²) in [6.07, 6.45) is 0. The minimum Gasteiger partial charge on any atom is -0.369 e. The number of rotatable bonds is 3. The first-order valence-corrected chi connectivity index (χ1v) is 3.24. The maximum absolute atomic E-state index is 5.16. The van der Waals surface area contributed by atoms with E-state index in [9.17, 15) is 0 Å². The largest absolute Gasteiger partial charge is 0.369 e. The van der Waals surface area contributed by atoms with Gasteiger partial charge < -0.3 is 4.74 Å². The monoisotopic (exact) mass is 126 g/mol. The van der Waals surface area contributed by atoms with Gasteiger partial charge in [-0.3, -0.25) is 0 Å². The molecule has 0 N–H and O–H groups in total. The Bertz CT molecular complexity index is 105. The standard InChI is InChI=1S/C8H14O/c1-4-5-6-9-7-8(2)3/h8H,6-7H2,1-3H3. The van der Waals surface area contributed by atoms with Crippen molar-refractivity contribution in [3.05, 3.63) is 0 Å². The maximum Gasteiger partial charge on any atom is 0.107 e. The lowest BCUT2D eigenvalue weighted by molar-refractivity contribution is 0.139. The molecular formula is C8H14O. The highest BCUT2D eigenvalue weighted by Gasteiger charge is 1.89. The number of hydrogen-bond acceptors (Lipinski definition) is 1. The van der Waals surface area contributed by atoms with E-state index >= 15 is 0 Å². The molecule has 0 saturated heterocycles. The third-order valence-electron chi connectivity index (χ3n) is 0.802. The lowest BCUT2D eigenvalue weighted by atomic mass is 10.2. The summed E-state index contributed by atoms with van der Waals surface area (Å²) in [5.41, 5.74) is 0. The predicted molar refractivity (Wildman–Crippen MR) is 39.1 cm³/mol. The summed E-state index contributed by atoms with van der Waals surface area (Å²) in [4.78, 5) is 0. The average Bonchev–Trinajstić information content (AvgIpc) is 1.80. The second-order valence-corrected chi connectivity index (χ2v) is 2.34.